The molecule has 0 aliphatic carbocycles. The van der Waals surface area contributed by atoms with Crippen molar-refractivity contribution in [3.63, 3.8) is 0 Å². The van der Waals surface area contributed by atoms with Crippen molar-refractivity contribution in [2.45, 2.75) is 32.7 Å². The van der Waals surface area contributed by atoms with E-state index in [4.69, 9.17) is 0 Å². The van der Waals surface area contributed by atoms with Crippen molar-refractivity contribution in [1.82, 2.24) is 9.21 Å². The molecule has 0 radical (unpaired) electrons. The van der Waals surface area contributed by atoms with E-state index in [2.05, 4.69) is 36.1 Å². The van der Waals surface area contributed by atoms with Crippen LogP contribution in [-0.4, -0.2) is 55.6 Å². The first-order chi connectivity index (χ1) is 10.0. The fourth-order valence-electron chi connectivity index (χ4n) is 2.81. The lowest BCUT2D eigenvalue weighted by molar-refractivity contribution is 0.140. The Kier molecular flexibility index (Phi) is 5.79. The molecule has 21 heavy (non-hydrogen) atoms. The van der Waals surface area contributed by atoms with Crippen LogP contribution in [0.5, 0.6) is 0 Å². The maximum atomic E-state index is 11.8. The van der Waals surface area contributed by atoms with Gasteiger partial charge in [0.25, 0.3) is 0 Å². The first-order valence-electron chi connectivity index (χ1n) is 7.78. The summed E-state index contributed by atoms with van der Waals surface area (Å²) in [7, 11) is -3.02. The van der Waals surface area contributed by atoms with Gasteiger partial charge in [-0.1, -0.05) is 30.3 Å². The van der Waals surface area contributed by atoms with Gasteiger partial charge in [-0.3, -0.25) is 4.90 Å². The number of hydrogen-bond donors (Lipinski definition) is 0. The topological polar surface area (TPSA) is 40.6 Å². The van der Waals surface area contributed by atoms with Crippen molar-refractivity contribution in [1.29, 1.82) is 0 Å². The molecule has 0 aromatic heterocycles. The number of rotatable bonds is 6. The summed E-state index contributed by atoms with van der Waals surface area (Å²) in [6.45, 7) is 6.90. The number of nitrogens with zero attached hydrogens (tertiary/aromatic N) is 2. The Bertz CT molecular complexity index is 522. The van der Waals surface area contributed by atoms with E-state index in [0.717, 1.165) is 25.9 Å². The molecule has 4 nitrogen and oxygen atoms in total. The molecule has 1 aromatic rings. The summed E-state index contributed by atoms with van der Waals surface area (Å²) >= 11 is 0. The zero-order valence-electron chi connectivity index (χ0n) is 13.0. The fourth-order valence-corrected chi connectivity index (χ4v) is 3.89. The van der Waals surface area contributed by atoms with E-state index in [-0.39, 0.29) is 5.75 Å². The van der Waals surface area contributed by atoms with Crippen LogP contribution < -0.4 is 0 Å². The molecule has 0 N–H and O–H groups in total. The zero-order valence-corrected chi connectivity index (χ0v) is 13.8. The van der Waals surface area contributed by atoms with E-state index in [0.29, 0.717) is 19.1 Å². The number of benzene rings is 1. The molecule has 1 fully saturated rings. The lowest BCUT2D eigenvalue weighted by Crippen LogP contribution is -2.51. The van der Waals surface area contributed by atoms with Gasteiger partial charge >= 0.3 is 0 Å². The predicted molar refractivity (Wildman–Crippen MR) is 86.8 cm³/mol. The van der Waals surface area contributed by atoms with Gasteiger partial charge in [-0.05, 0) is 32.3 Å². The van der Waals surface area contributed by atoms with Gasteiger partial charge in [0.2, 0.25) is 10.0 Å². The second kappa shape index (κ2) is 7.38. The summed E-state index contributed by atoms with van der Waals surface area (Å²) in [5.74, 6) is 0.205. The maximum absolute atomic E-state index is 11.8. The van der Waals surface area contributed by atoms with Crippen molar-refractivity contribution in [3.8, 4) is 0 Å². The Hall–Kier alpha value is -0.910. The Balaban J connectivity index is 1.79. The average Bonchev–Trinajstić information content (AvgIpc) is 2.53. The van der Waals surface area contributed by atoms with Gasteiger partial charge in [0.1, 0.15) is 0 Å². The van der Waals surface area contributed by atoms with Crippen LogP contribution in [0.15, 0.2) is 30.3 Å². The van der Waals surface area contributed by atoms with Gasteiger partial charge in [-0.15, -0.1) is 0 Å². The quantitative estimate of drug-likeness (QED) is 0.806. The van der Waals surface area contributed by atoms with Gasteiger partial charge in [0.15, 0.2) is 0 Å². The molecule has 2 rings (SSSR count). The monoisotopic (exact) mass is 310 g/mol. The summed E-state index contributed by atoms with van der Waals surface area (Å²) in [6.07, 6.45) is 2.19. The van der Waals surface area contributed by atoms with Gasteiger partial charge in [-0.2, -0.15) is 4.31 Å². The van der Waals surface area contributed by atoms with E-state index in [1.54, 1.807) is 11.2 Å². The van der Waals surface area contributed by atoms with Crippen molar-refractivity contribution < 1.29 is 8.42 Å². The smallest absolute Gasteiger partial charge is 0.213 e. The Morgan fingerprint density at radius 3 is 2.29 bits per heavy atom. The first-order valence-corrected chi connectivity index (χ1v) is 9.39. The van der Waals surface area contributed by atoms with Crippen LogP contribution in [0.4, 0.5) is 0 Å². The average molecular weight is 310 g/mol. The molecule has 118 valence electrons. The SMILES string of the molecule is CCS(=O)(=O)N1CCN([C@@H](C)CCc2ccccc2)CC1. The van der Waals surface area contributed by atoms with Crippen LogP contribution in [0.1, 0.15) is 25.8 Å². The van der Waals surface area contributed by atoms with Crippen LogP contribution in [0.25, 0.3) is 0 Å². The van der Waals surface area contributed by atoms with Crippen molar-refractivity contribution in [3.05, 3.63) is 35.9 Å². The Labute approximate surface area is 128 Å². The molecular weight excluding hydrogens is 284 g/mol. The molecule has 1 heterocycles. The van der Waals surface area contributed by atoms with Crippen molar-refractivity contribution >= 4 is 10.0 Å². The van der Waals surface area contributed by atoms with Gasteiger partial charge in [0, 0.05) is 32.2 Å². The summed E-state index contributed by atoms with van der Waals surface area (Å²) in [4.78, 5) is 2.41. The summed E-state index contributed by atoms with van der Waals surface area (Å²) in [6, 6.07) is 11.0. The maximum Gasteiger partial charge on any atom is 0.213 e. The zero-order chi connectivity index (χ0) is 15.3. The first kappa shape index (κ1) is 16.5. The molecular formula is C16H26N2O2S. The minimum Gasteiger partial charge on any atom is -0.298 e. The van der Waals surface area contributed by atoms with Crippen LogP contribution >= 0.6 is 0 Å². The number of sulfonamides is 1. The Morgan fingerprint density at radius 1 is 1.10 bits per heavy atom. The third-order valence-corrected chi connectivity index (χ3v) is 6.23. The molecule has 0 spiro atoms. The van der Waals surface area contributed by atoms with Gasteiger partial charge in [0.05, 0.1) is 5.75 Å². The minimum atomic E-state index is -3.02. The van der Waals surface area contributed by atoms with Crippen LogP contribution in [0.3, 0.4) is 0 Å². The normalized spacial score (nSPS) is 19.5. The highest BCUT2D eigenvalue weighted by Crippen LogP contribution is 2.14. The summed E-state index contributed by atoms with van der Waals surface area (Å²) in [5, 5.41) is 0. The second-order valence-electron chi connectivity index (χ2n) is 5.71. The highest BCUT2D eigenvalue weighted by atomic mass is 32.2. The number of piperazine rings is 1. The molecule has 0 saturated carbocycles. The van der Waals surface area contributed by atoms with Gasteiger partial charge in [-0.25, -0.2) is 8.42 Å². The van der Waals surface area contributed by atoms with E-state index in [1.165, 1.54) is 5.56 Å². The van der Waals surface area contributed by atoms with E-state index in [1.807, 2.05) is 6.07 Å². The van der Waals surface area contributed by atoms with E-state index in [9.17, 15) is 8.42 Å². The molecule has 1 atom stereocenters. The van der Waals surface area contributed by atoms with Crippen LogP contribution in [0.2, 0.25) is 0 Å². The molecule has 1 aromatic carbocycles. The largest absolute Gasteiger partial charge is 0.298 e. The highest BCUT2D eigenvalue weighted by Gasteiger charge is 2.27. The predicted octanol–water partition coefficient (Wildman–Crippen LogP) is 1.97. The van der Waals surface area contributed by atoms with Crippen LogP contribution in [-0.2, 0) is 16.4 Å². The Morgan fingerprint density at radius 2 is 1.71 bits per heavy atom. The fraction of sp³-hybridized carbons (Fsp3) is 0.625. The van der Waals surface area contributed by atoms with E-state index < -0.39 is 10.0 Å². The molecule has 0 bridgehead atoms. The standard InChI is InChI=1S/C16H26N2O2S/c1-3-21(19,20)18-13-11-17(12-14-18)15(2)9-10-16-7-5-4-6-8-16/h4-8,15H,3,9-14H2,1-2H3/t15-/m0/s1. The third kappa shape index (κ3) is 4.53. The van der Waals surface area contributed by atoms with Gasteiger partial charge < -0.3 is 0 Å². The van der Waals surface area contributed by atoms with Crippen molar-refractivity contribution in [2.75, 3.05) is 31.9 Å². The lowest BCUT2D eigenvalue weighted by atomic mass is 10.0. The molecule has 1 aliphatic rings. The van der Waals surface area contributed by atoms with Crippen LogP contribution in [0, 0.1) is 0 Å². The minimum absolute atomic E-state index is 0.205. The second-order valence-corrected chi connectivity index (χ2v) is 7.97. The molecule has 1 saturated heterocycles. The summed E-state index contributed by atoms with van der Waals surface area (Å²) < 4.78 is 25.3. The molecule has 0 unspecified atom stereocenters. The lowest BCUT2D eigenvalue weighted by Gasteiger charge is -2.37. The van der Waals surface area contributed by atoms with Crippen molar-refractivity contribution in [2.24, 2.45) is 0 Å². The molecule has 1 aliphatic heterocycles. The molecule has 0 amide bonds. The number of aryl methyl sites for hydroxylation is 1. The third-order valence-electron chi connectivity index (χ3n) is 4.35. The summed E-state index contributed by atoms with van der Waals surface area (Å²) in [5.41, 5.74) is 1.37. The molecule has 5 heteroatoms. The highest BCUT2D eigenvalue weighted by molar-refractivity contribution is 7.89. The number of hydrogen-bond acceptors (Lipinski definition) is 3. The van der Waals surface area contributed by atoms with E-state index >= 15 is 0 Å².